The molecule has 17 heavy (non-hydrogen) atoms. The molecule has 0 aromatic heterocycles. The Morgan fingerprint density at radius 3 is 2.59 bits per heavy atom. The van der Waals surface area contributed by atoms with Crippen LogP contribution in [0.1, 0.15) is 33.1 Å². The fourth-order valence-electron chi connectivity index (χ4n) is 2.00. The lowest BCUT2D eigenvalue weighted by Gasteiger charge is -2.32. The second-order valence-electron chi connectivity index (χ2n) is 5.19. The molecule has 1 rings (SSSR count). The fourth-order valence-corrected chi connectivity index (χ4v) is 2.00. The molecule has 4 N–H and O–H groups in total. The van der Waals surface area contributed by atoms with Crippen molar-refractivity contribution >= 4 is 11.8 Å². The maximum atomic E-state index is 12.0. The van der Waals surface area contributed by atoms with Crippen LogP contribution in [-0.4, -0.2) is 35.8 Å². The van der Waals surface area contributed by atoms with Gasteiger partial charge in [-0.1, -0.05) is 13.8 Å². The van der Waals surface area contributed by atoms with E-state index in [-0.39, 0.29) is 29.7 Å². The summed E-state index contributed by atoms with van der Waals surface area (Å²) < 4.78 is 0. The van der Waals surface area contributed by atoms with Crippen LogP contribution in [0.4, 0.5) is 0 Å². The summed E-state index contributed by atoms with van der Waals surface area (Å²) in [7, 11) is 0. The zero-order valence-corrected chi connectivity index (χ0v) is 10.7. The van der Waals surface area contributed by atoms with Gasteiger partial charge in [0.25, 0.3) is 0 Å². The second-order valence-corrected chi connectivity index (χ2v) is 5.19. The molecule has 0 aromatic rings. The van der Waals surface area contributed by atoms with Gasteiger partial charge in [-0.15, -0.1) is 0 Å². The van der Waals surface area contributed by atoms with Gasteiger partial charge in [-0.2, -0.15) is 0 Å². The fraction of sp³-hybridized carbons (Fsp3) is 0.833. The number of carbonyl (C=O) groups excluding carboxylic acids is 2. The zero-order chi connectivity index (χ0) is 13.0. The minimum absolute atomic E-state index is 0.0390. The van der Waals surface area contributed by atoms with Gasteiger partial charge in [0.05, 0.1) is 5.92 Å². The second kappa shape index (κ2) is 6.00. The Hall–Kier alpha value is -1.10. The minimum atomic E-state index is -0.310. The van der Waals surface area contributed by atoms with Gasteiger partial charge in [0, 0.05) is 25.6 Å². The van der Waals surface area contributed by atoms with Crippen molar-refractivity contribution < 1.29 is 9.59 Å². The quantitative estimate of drug-likeness (QED) is 0.730. The van der Waals surface area contributed by atoms with Gasteiger partial charge < -0.3 is 16.4 Å². The van der Waals surface area contributed by atoms with Crippen LogP contribution < -0.4 is 11.5 Å². The van der Waals surface area contributed by atoms with Gasteiger partial charge in [0.1, 0.15) is 0 Å². The van der Waals surface area contributed by atoms with Crippen LogP contribution in [0.5, 0.6) is 0 Å². The first kappa shape index (κ1) is 14.0. The van der Waals surface area contributed by atoms with Gasteiger partial charge in [0.15, 0.2) is 0 Å². The SMILES string of the molecule is CC(C)C(N)CC(=O)N1CCCC(C(N)=O)C1. The van der Waals surface area contributed by atoms with Crippen molar-refractivity contribution in [2.45, 2.75) is 39.2 Å². The summed E-state index contributed by atoms with van der Waals surface area (Å²) in [4.78, 5) is 24.8. The van der Waals surface area contributed by atoms with E-state index < -0.39 is 0 Å². The molecule has 1 aliphatic rings. The minimum Gasteiger partial charge on any atom is -0.369 e. The predicted octanol–water partition coefficient (Wildman–Crippen LogP) is 0.0837. The number of nitrogens with zero attached hydrogens (tertiary/aromatic N) is 1. The summed E-state index contributed by atoms with van der Waals surface area (Å²) in [5.74, 6) is -0.175. The molecule has 1 fully saturated rings. The van der Waals surface area contributed by atoms with Gasteiger partial charge in [-0.25, -0.2) is 0 Å². The maximum Gasteiger partial charge on any atom is 0.224 e. The normalized spacial score (nSPS) is 22.6. The molecule has 1 aliphatic heterocycles. The average molecular weight is 241 g/mol. The van der Waals surface area contributed by atoms with E-state index >= 15 is 0 Å². The number of likely N-dealkylation sites (tertiary alicyclic amines) is 1. The summed E-state index contributed by atoms with van der Waals surface area (Å²) in [6, 6.07) is -0.114. The van der Waals surface area contributed by atoms with E-state index in [2.05, 4.69) is 0 Å². The van der Waals surface area contributed by atoms with Crippen LogP contribution >= 0.6 is 0 Å². The van der Waals surface area contributed by atoms with Crippen LogP contribution in [0.25, 0.3) is 0 Å². The Morgan fingerprint density at radius 1 is 1.41 bits per heavy atom. The number of nitrogens with two attached hydrogens (primary N) is 2. The van der Waals surface area contributed by atoms with E-state index in [4.69, 9.17) is 11.5 Å². The third-order valence-corrected chi connectivity index (χ3v) is 3.44. The highest BCUT2D eigenvalue weighted by Crippen LogP contribution is 2.17. The molecular formula is C12H23N3O2. The molecule has 0 spiro atoms. The molecular weight excluding hydrogens is 218 g/mol. The smallest absolute Gasteiger partial charge is 0.224 e. The highest BCUT2D eigenvalue weighted by atomic mass is 16.2. The van der Waals surface area contributed by atoms with Crippen LogP contribution in [0.3, 0.4) is 0 Å². The molecule has 0 saturated carbocycles. The molecule has 5 heteroatoms. The van der Waals surface area contributed by atoms with Crippen molar-refractivity contribution in [3.05, 3.63) is 0 Å². The first-order valence-electron chi connectivity index (χ1n) is 6.24. The number of hydrogen-bond donors (Lipinski definition) is 2. The first-order chi connectivity index (χ1) is 7.91. The third kappa shape index (κ3) is 4.00. The molecule has 5 nitrogen and oxygen atoms in total. The number of hydrogen-bond acceptors (Lipinski definition) is 3. The van der Waals surface area contributed by atoms with E-state index in [0.29, 0.717) is 19.5 Å². The maximum absolute atomic E-state index is 12.0. The summed E-state index contributed by atoms with van der Waals surface area (Å²) in [6.07, 6.45) is 1.98. The number of rotatable bonds is 4. The highest BCUT2D eigenvalue weighted by molar-refractivity contribution is 5.80. The number of amides is 2. The summed E-state index contributed by atoms with van der Waals surface area (Å²) >= 11 is 0. The van der Waals surface area contributed by atoms with Crippen LogP contribution in [-0.2, 0) is 9.59 Å². The summed E-state index contributed by atoms with van der Waals surface area (Å²) in [6.45, 7) is 5.17. The lowest BCUT2D eigenvalue weighted by Crippen LogP contribution is -2.46. The van der Waals surface area contributed by atoms with Gasteiger partial charge in [-0.3, -0.25) is 9.59 Å². The van der Waals surface area contributed by atoms with E-state index in [1.165, 1.54) is 0 Å². The largest absolute Gasteiger partial charge is 0.369 e. The average Bonchev–Trinajstić information content (AvgIpc) is 2.28. The molecule has 2 atom stereocenters. The Balaban J connectivity index is 2.49. The number of primary amides is 1. The highest BCUT2D eigenvalue weighted by Gasteiger charge is 2.27. The van der Waals surface area contributed by atoms with E-state index in [9.17, 15) is 9.59 Å². The van der Waals surface area contributed by atoms with Crippen LogP contribution in [0.15, 0.2) is 0 Å². The molecule has 0 radical (unpaired) electrons. The monoisotopic (exact) mass is 241 g/mol. The Kier molecular flexibility index (Phi) is 4.93. The van der Waals surface area contributed by atoms with E-state index in [1.807, 2.05) is 13.8 Å². The number of carbonyl (C=O) groups is 2. The Morgan fingerprint density at radius 2 is 2.06 bits per heavy atom. The lowest BCUT2D eigenvalue weighted by molar-refractivity contribution is -0.135. The standard InChI is InChI=1S/C12H23N3O2/c1-8(2)10(13)6-11(16)15-5-3-4-9(7-15)12(14)17/h8-10H,3-7,13H2,1-2H3,(H2,14,17). The van der Waals surface area contributed by atoms with Crippen molar-refractivity contribution in [3.8, 4) is 0 Å². The van der Waals surface area contributed by atoms with Gasteiger partial charge >= 0.3 is 0 Å². The molecule has 98 valence electrons. The van der Waals surface area contributed by atoms with Gasteiger partial charge in [0.2, 0.25) is 11.8 Å². The van der Waals surface area contributed by atoms with Crippen LogP contribution in [0, 0.1) is 11.8 Å². The molecule has 0 bridgehead atoms. The molecule has 2 amide bonds. The van der Waals surface area contributed by atoms with Crippen molar-refractivity contribution in [2.24, 2.45) is 23.3 Å². The molecule has 0 aliphatic carbocycles. The molecule has 1 saturated heterocycles. The van der Waals surface area contributed by atoms with Crippen molar-refractivity contribution in [1.29, 1.82) is 0 Å². The summed E-state index contributed by atoms with van der Waals surface area (Å²) in [5, 5.41) is 0. The van der Waals surface area contributed by atoms with Crippen molar-refractivity contribution in [3.63, 3.8) is 0 Å². The Bertz CT molecular complexity index is 291. The third-order valence-electron chi connectivity index (χ3n) is 3.44. The van der Waals surface area contributed by atoms with Crippen LogP contribution in [0.2, 0.25) is 0 Å². The summed E-state index contributed by atoms with van der Waals surface area (Å²) in [5.41, 5.74) is 11.2. The molecule has 1 heterocycles. The Labute approximate surface area is 103 Å². The molecule has 2 unspecified atom stereocenters. The lowest BCUT2D eigenvalue weighted by atomic mass is 9.96. The van der Waals surface area contributed by atoms with Crippen molar-refractivity contribution in [2.75, 3.05) is 13.1 Å². The topological polar surface area (TPSA) is 89.4 Å². The number of piperidine rings is 1. The first-order valence-corrected chi connectivity index (χ1v) is 6.24. The molecule has 0 aromatic carbocycles. The predicted molar refractivity (Wildman–Crippen MR) is 65.9 cm³/mol. The van der Waals surface area contributed by atoms with E-state index in [0.717, 1.165) is 12.8 Å². The van der Waals surface area contributed by atoms with E-state index in [1.54, 1.807) is 4.90 Å². The van der Waals surface area contributed by atoms with Crippen molar-refractivity contribution in [1.82, 2.24) is 4.90 Å². The van der Waals surface area contributed by atoms with Gasteiger partial charge in [-0.05, 0) is 18.8 Å². The zero-order valence-electron chi connectivity index (χ0n) is 10.7.